The molecule has 0 spiro atoms. The van der Waals surface area contributed by atoms with Crippen molar-refractivity contribution in [2.24, 2.45) is 0 Å². The summed E-state index contributed by atoms with van der Waals surface area (Å²) in [4.78, 5) is 25.2. The van der Waals surface area contributed by atoms with Crippen molar-refractivity contribution in [3.05, 3.63) is 65.7 Å². The molecule has 1 atom stereocenters. The number of carbonyl (C=O) groups is 2. The van der Waals surface area contributed by atoms with Crippen molar-refractivity contribution >= 4 is 17.6 Å². The van der Waals surface area contributed by atoms with E-state index in [0.717, 1.165) is 17.7 Å². The van der Waals surface area contributed by atoms with Crippen LogP contribution in [0.3, 0.4) is 0 Å². The zero-order valence-corrected chi connectivity index (χ0v) is 15.5. The standard InChI is InChI=1S/C21H25N3O3/c1-16(20(25)24-12-11-22-21(24)26)23-19-9-5-8-18(14-19)15-27-13-10-17-6-3-2-4-7-17/h2-9,14,16,23H,10-13,15H2,1H3,(H,22,26)/t16-/m0/s1. The fourth-order valence-electron chi connectivity index (χ4n) is 3.00. The number of rotatable bonds is 8. The molecule has 1 aliphatic rings. The van der Waals surface area contributed by atoms with Crippen LogP contribution in [0.4, 0.5) is 10.5 Å². The van der Waals surface area contributed by atoms with Crippen LogP contribution >= 0.6 is 0 Å². The minimum absolute atomic E-state index is 0.227. The molecule has 3 amide bonds. The third-order valence-electron chi connectivity index (χ3n) is 4.45. The number of nitrogens with zero attached hydrogens (tertiary/aromatic N) is 1. The number of ether oxygens (including phenoxy) is 1. The Hall–Kier alpha value is -2.86. The molecule has 1 fully saturated rings. The van der Waals surface area contributed by atoms with Crippen LogP contribution in [-0.4, -0.2) is 42.6 Å². The molecule has 142 valence electrons. The molecule has 1 saturated heterocycles. The predicted octanol–water partition coefficient (Wildman–Crippen LogP) is 2.80. The van der Waals surface area contributed by atoms with E-state index in [-0.39, 0.29) is 11.9 Å². The van der Waals surface area contributed by atoms with Gasteiger partial charge in [0.15, 0.2) is 0 Å². The molecular weight excluding hydrogens is 342 g/mol. The Labute approximate surface area is 159 Å². The molecule has 6 nitrogen and oxygen atoms in total. The molecule has 0 unspecified atom stereocenters. The van der Waals surface area contributed by atoms with Gasteiger partial charge in [0.1, 0.15) is 6.04 Å². The number of amides is 3. The Kier molecular flexibility index (Phi) is 6.44. The Bertz CT molecular complexity index is 779. The molecule has 1 aliphatic heterocycles. The SMILES string of the molecule is C[C@H](Nc1cccc(COCCc2ccccc2)c1)C(=O)N1CCNC1=O. The van der Waals surface area contributed by atoms with Gasteiger partial charge in [-0.15, -0.1) is 0 Å². The smallest absolute Gasteiger partial charge is 0.324 e. The van der Waals surface area contributed by atoms with Crippen molar-refractivity contribution in [1.29, 1.82) is 0 Å². The fourth-order valence-corrected chi connectivity index (χ4v) is 3.00. The van der Waals surface area contributed by atoms with E-state index >= 15 is 0 Å². The second-order valence-corrected chi connectivity index (χ2v) is 6.58. The zero-order chi connectivity index (χ0) is 19.1. The second kappa shape index (κ2) is 9.19. The lowest BCUT2D eigenvalue weighted by Crippen LogP contribution is -2.43. The van der Waals surface area contributed by atoms with Crippen molar-refractivity contribution < 1.29 is 14.3 Å². The van der Waals surface area contributed by atoms with Crippen LogP contribution in [0.25, 0.3) is 0 Å². The third-order valence-corrected chi connectivity index (χ3v) is 4.45. The van der Waals surface area contributed by atoms with Gasteiger partial charge in [-0.2, -0.15) is 0 Å². The summed E-state index contributed by atoms with van der Waals surface area (Å²) in [7, 11) is 0. The van der Waals surface area contributed by atoms with Crippen LogP contribution in [0.15, 0.2) is 54.6 Å². The molecular formula is C21H25N3O3. The zero-order valence-electron chi connectivity index (χ0n) is 15.5. The highest BCUT2D eigenvalue weighted by Crippen LogP contribution is 2.14. The van der Waals surface area contributed by atoms with Gasteiger partial charge in [-0.3, -0.25) is 9.69 Å². The molecule has 0 aromatic heterocycles. The largest absolute Gasteiger partial charge is 0.376 e. The van der Waals surface area contributed by atoms with Gasteiger partial charge >= 0.3 is 6.03 Å². The quantitative estimate of drug-likeness (QED) is 0.704. The summed E-state index contributed by atoms with van der Waals surface area (Å²) in [5, 5.41) is 5.81. The van der Waals surface area contributed by atoms with E-state index in [9.17, 15) is 9.59 Å². The maximum absolute atomic E-state index is 12.4. The Morgan fingerprint density at radius 1 is 1.19 bits per heavy atom. The van der Waals surface area contributed by atoms with Gasteiger partial charge in [0, 0.05) is 18.8 Å². The van der Waals surface area contributed by atoms with Crippen LogP contribution in [-0.2, 0) is 22.6 Å². The molecule has 0 saturated carbocycles. The number of imide groups is 1. The number of nitrogens with one attached hydrogen (secondary N) is 2. The van der Waals surface area contributed by atoms with Gasteiger partial charge in [-0.1, -0.05) is 42.5 Å². The average Bonchev–Trinajstić information content (AvgIpc) is 3.11. The number of benzene rings is 2. The molecule has 2 aromatic carbocycles. The number of anilines is 1. The highest BCUT2D eigenvalue weighted by Gasteiger charge is 2.29. The molecule has 1 heterocycles. The molecule has 0 aliphatic carbocycles. The first-order chi connectivity index (χ1) is 13.1. The summed E-state index contributed by atoms with van der Waals surface area (Å²) < 4.78 is 5.77. The number of urea groups is 1. The first-order valence-electron chi connectivity index (χ1n) is 9.20. The summed E-state index contributed by atoms with van der Waals surface area (Å²) in [6.45, 7) is 3.85. The molecule has 6 heteroatoms. The Morgan fingerprint density at radius 3 is 2.70 bits per heavy atom. The monoisotopic (exact) mass is 367 g/mol. The Morgan fingerprint density at radius 2 is 1.96 bits per heavy atom. The lowest BCUT2D eigenvalue weighted by molar-refractivity contribution is -0.128. The highest BCUT2D eigenvalue weighted by molar-refractivity contribution is 5.99. The van der Waals surface area contributed by atoms with E-state index in [1.807, 2.05) is 42.5 Å². The van der Waals surface area contributed by atoms with E-state index in [1.54, 1.807) is 6.92 Å². The van der Waals surface area contributed by atoms with Gasteiger partial charge < -0.3 is 15.4 Å². The summed E-state index contributed by atoms with van der Waals surface area (Å²) >= 11 is 0. The van der Waals surface area contributed by atoms with Gasteiger partial charge in [-0.05, 0) is 36.6 Å². The molecule has 3 rings (SSSR count). The third kappa shape index (κ3) is 5.31. The first kappa shape index (κ1) is 18.9. The fraction of sp³-hybridized carbons (Fsp3) is 0.333. The number of hydrogen-bond acceptors (Lipinski definition) is 4. The topological polar surface area (TPSA) is 70.7 Å². The molecule has 0 radical (unpaired) electrons. The van der Waals surface area contributed by atoms with E-state index < -0.39 is 6.04 Å². The van der Waals surface area contributed by atoms with Gasteiger partial charge in [0.05, 0.1) is 13.2 Å². The maximum atomic E-state index is 12.4. The van der Waals surface area contributed by atoms with Crippen molar-refractivity contribution in [1.82, 2.24) is 10.2 Å². The van der Waals surface area contributed by atoms with E-state index in [4.69, 9.17) is 4.74 Å². The minimum atomic E-state index is -0.483. The van der Waals surface area contributed by atoms with Crippen molar-refractivity contribution in [3.63, 3.8) is 0 Å². The van der Waals surface area contributed by atoms with Crippen LogP contribution in [0.2, 0.25) is 0 Å². The van der Waals surface area contributed by atoms with Gasteiger partial charge in [0.2, 0.25) is 0 Å². The Balaban J connectivity index is 1.48. The summed E-state index contributed by atoms with van der Waals surface area (Å²) in [6.07, 6.45) is 0.877. The second-order valence-electron chi connectivity index (χ2n) is 6.58. The summed E-state index contributed by atoms with van der Waals surface area (Å²) in [5.74, 6) is -0.227. The molecule has 0 bridgehead atoms. The van der Waals surface area contributed by atoms with Crippen LogP contribution in [0.5, 0.6) is 0 Å². The van der Waals surface area contributed by atoms with Gasteiger partial charge in [0.25, 0.3) is 5.91 Å². The van der Waals surface area contributed by atoms with E-state index in [2.05, 4.69) is 22.8 Å². The highest BCUT2D eigenvalue weighted by atomic mass is 16.5. The van der Waals surface area contributed by atoms with Crippen LogP contribution < -0.4 is 10.6 Å². The minimum Gasteiger partial charge on any atom is -0.376 e. The first-order valence-corrected chi connectivity index (χ1v) is 9.20. The van der Waals surface area contributed by atoms with Crippen molar-refractivity contribution in [3.8, 4) is 0 Å². The number of hydrogen-bond donors (Lipinski definition) is 2. The molecule has 27 heavy (non-hydrogen) atoms. The van der Waals surface area contributed by atoms with Crippen LogP contribution in [0, 0.1) is 0 Å². The maximum Gasteiger partial charge on any atom is 0.324 e. The number of carbonyl (C=O) groups excluding carboxylic acids is 2. The average molecular weight is 367 g/mol. The normalized spacial score (nSPS) is 14.7. The molecule has 2 aromatic rings. The van der Waals surface area contributed by atoms with Crippen LogP contribution in [0.1, 0.15) is 18.1 Å². The van der Waals surface area contributed by atoms with E-state index in [0.29, 0.717) is 26.3 Å². The van der Waals surface area contributed by atoms with E-state index in [1.165, 1.54) is 10.5 Å². The van der Waals surface area contributed by atoms with Crippen molar-refractivity contribution in [2.75, 3.05) is 25.0 Å². The summed E-state index contributed by atoms with van der Waals surface area (Å²) in [6, 6.07) is 17.2. The predicted molar refractivity (Wildman–Crippen MR) is 104 cm³/mol. The van der Waals surface area contributed by atoms with Gasteiger partial charge in [-0.25, -0.2) is 4.79 Å². The summed E-state index contributed by atoms with van der Waals surface area (Å²) in [5.41, 5.74) is 3.12. The lowest BCUT2D eigenvalue weighted by Gasteiger charge is -2.20. The lowest BCUT2D eigenvalue weighted by atomic mass is 10.1. The van der Waals surface area contributed by atoms with Crippen molar-refractivity contribution in [2.45, 2.75) is 26.0 Å². The molecule has 2 N–H and O–H groups in total.